The van der Waals surface area contributed by atoms with Gasteiger partial charge in [0, 0.05) is 25.2 Å². The van der Waals surface area contributed by atoms with Crippen LogP contribution in [0.5, 0.6) is 0 Å². The van der Waals surface area contributed by atoms with Gasteiger partial charge in [-0.05, 0) is 62.8 Å². The highest BCUT2D eigenvalue weighted by atomic mass is 16.2. The van der Waals surface area contributed by atoms with Gasteiger partial charge in [-0.3, -0.25) is 29.4 Å². The Morgan fingerprint density at radius 1 is 1.00 bits per heavy atom. The van der Waals surface area contributed by atoms with Crippen molar-refractivity contribution in [2.45, 2.75) is 44.6 Å². The van der Waals surface area contributed by atoms with Gasteiger partial charge in [-0.15, -0.1) is 0 Å². The van der Waals surface area contributed by atoms with Crippen LogP contribution in [0.25, 0.3) is 0 Å². The number of carbonyl (C=O) groups excluding carboxylic acids is 4. The number of benzene rings is 1. The summed E-state index contributed by atoms with van der Waals surface area (Å²) in [6, 6.07) is 4.39. The molecular formula is C21H26N4O4. The molecule has 3 N–H and O–H groups in total. The average molecular weight is 398 g/mol. The van der Waals surface area contributed by atoms with Crippen LogP contribution in [0.3, 0.4) is 0 Å². The van der Waals surface area contributed by atoms with E-state index in [0.29, 0.717) is 17.0 Å². The molecule has 29 heavy (non-hydrogen) atoms. The molecule has 1 aromatic carbocycles. The summed E-state index contributed by atoms with van der Waals surface area (Å²) >= 11 is 0. The predicted molar refractivity (Wildman–Crippen MR) is 106 cm³/mol. The predicted octanol–water partition coefficient (Wildman–Crippen LogP) is 1.04. The van der Waals surface area contributed by atoms with Crippen LogP contribution in [-0.2, 0) is 9.59 Å². The van der Waals surface area contributed by atoms with E-state index in [1.54, 1.807) is 12.1 Å². The molecule has 4 amide bonds. The molecule has 0 aromatic heterocycles. The van der Waals surface area contributed by atoms with Crippen LogP contribution in [0.4, 0.5) is 5.69 Å². The van der Waals surface area contributed by atoms with E-state index in [2.05, 4.69) is 10.2 Å². The Balaban J connectivity index is 1.49. The van der Waals surface area contributed by atoms with Crippen LogP contribution >= 0.6 is 0 Å². The Morgan fingerprint density at radius 2 is 1.72 bits per heavy atom. The summed E-state index contributed by atoms with van der Waals surface area (Å²) in [4.78, 5) is 52.5. The van der Waals surface area contributed by atoms with Gasteiger partial charge in [0.2, 0.25) is 11.8 Å². The second-order valence-electron chi connectivity index (χ2n) is 8.04. The molecule has 4 rings (SSSR count). The lowest BCUT2D eigenvalue weighted by Crippen LogP contribution is -2.54. The van der Waals surface area contributed by atoms with Gasteiger partial charge in [0.1, 0.15) is 6.04 Å². The first kappa shape index (κ1) is 19.6. The normalized spacial score (nSPS) is 22.9. The van der Waals surface area contributed by atoms with Crippen LogP contribution in [0.2, 0.25) is 0 Å². The third kappa shape index (κ3) is 3.64. The first-order valence-electron chi connectivity index (χ1n) is 10.3. The highest BCUT2D eigenvalue weighted by Crippen LogP contribution is 2.32. The van der Waals surface area contributed by atoms with Crippen LogP contribution in [0.15, 0.2) is 18.2 Å². The van der Waals surface area contributed by atoms with E-state index in [-0.39, 0.29) is 18.7 Å². The molecule has 2 fully saturated rings. The van der Waals surface area contributed by atoms with Gasteiger partial charge in [-0.2, -0.15) is 0 Å². The first-order valence-corrected chi connectivity index (χ1v) is 10.3. The zero-order valence-corrected chi connectivity index (χ0v) is 16.4. The molecule has 0 radical (unpaired) electrons. The molecular weight excluding hydrogens is 372 g/mol. The molecule has 1 unspecified atom stereocenters. The van der Waals surface area contributed by atoms with Crippen LogP contribution in [0.1, 0.15) is 59.2 Å². The fraction of sp³-hybridized carbons (Fsp3) is 0.524. The van der Waals surface area contributed by atoms with Crippen molar-refractivity contribution < 1.29 is 19.2 Å². The highest BCUT2D eigenvalue weighted by molar-refractivity contribution is 6.23. The van der Waals surface area contributed by atoms with Crippen molar-refractivity contribution in [1.82, 2.24) is 10.2 Å². The van der Waals surface area contributed by atoms with Crippen LogP contribution in [-0.4, -0.2) is 54.2 Å². The average Bonchev–Trinajstić information content (AvgIpc) is 2.97. The van der Waals surface area contributed by atoms with Crippen molar-refractivity contribution in [3.8, 4) is 0 Å². The molecule has 1 aromatic rings. The molecule has 1 atom stereocenters. The largest absolute Gasteiger partial charge is 0.371 e. The summed E-state index contributed by atoms with van der Waals surface area (Å²) in [6.45, 7) is 2.55. The number of nitrogens with two attached hydrogens (primary N) is 1. The number of hydrogen-bond acceptors (Lipinski definition) is 6. The van der Waals surface area contributed by atoms with Gasteiger partial charge in [-0.25, -0.2) is 0 Å². The second kappa shape index (κ2) is 7.94. The van der Waals surface area contributed by atoms with Gasteiger partial charge < -0.3 is 10.6 Å². The second-order valence-corrected chi connectivity index (χ2v) is 8.04. The Hall–Kier alpha value is -2.74. The number of nitrogens with zero attached hydrogens (tertiary/aromatic N) is 2. The van der Waals surface area contributed by atoms with Gasteiger partial charge in [0.05, 0.1) is 11.1 Å². The van der Waals surface area contributed by atoms with Crippen molar-refractivity contribution in [2.24, 2.45) is 11.7 Å². The topological polar surface area (TPSA) is 113 Å². The summed E-state index contributed by atoms with van der Waals surface area (Å²) in [7, 11) is 0. The number of piperidine rings is 2. The molecule has 154 valence electrons. The maximum Gasteiger partial charge on any atom is 0.262 e. The Bertz CT molecular complexity index is 860. The summed E-state index contributed by atoms with van der Waals surface area (Å²) < 4.78 is 0. The van der Waals surface area contributed by atoms with Gasteiger partial charge >= 0.3 is 0 Å². The maximum absolute atomic E-state index is 12.9. The first-order chi connectivity index (χ1) is 14.0. The van der Waals surface area contributed by atoms with Gasteiger partial charge in [0.25, 0.3) is 11.8 Å². The summed E-state index contributed by atoms with van der Waals surface area (Å²) in [6.07, 6.45) is 4.67. The molecule has 8 nitrogen and oxygen atoms in total. The quantitative estimate of drug-likeness (QED) is 0.717. The number of amides is 4. The third-order valence-corrected chi connectivity index (χ3v) is 6.22. The maximum atomic E-state index is 12.9. The lowest BCUT2D eigenvalue weighted by molar-refractivity contribution is -0.136. The van der Waals surface area contributed by atoms with E-state index in [1.165, 1.54) is 0 Å². The summed E-state index contributed by atoms with van der Waals surface area (Å²) in [5.74, 6) is -1.20. The van der Waals surface area contributed by atoms with Crippen molar-refractivity contribution in [3.63, 3.8) is 0 Å². The smallest absolute Gasteiger partial charge is 0.262 e. The van der Waals surface area contributed by atoms with E-state index in [9.17, 15) is 19.2 Å². The van der Waals surface area contributed by atoms with E-state index in [0.717, 1.165) is 55.9 Å². The summed E-state index contributed by atoms with van der Waals surface area (Å²) in [5.41, 5.74) is 7.18. The monoisotopic (exact) mass is 398 g/mol. The molecule has 0 spiro atoms. The standard InChI is InChI=1S/C21H26N4O4/c22-9-1-2-13-7-10-24(11-8-13)14-3-4-15-16(12-14)21(29)25(20(15)28)17-5-6-18(26)23-19(17)27/h3-4,12-13,17H,1-2,5-11,22H2,(H,23,26,27). The van der Waals surface area contributed by atoms with Crippen LogP contribution < -0.4 is 16.0 Å². The summed E-state index contributed by atoms with van der Waals surface area (Å²) in [5, 5.41) is 2.22. The van der Waals surface area contributed by atoms with E-state index in [4.69, 9.17) is 5.73 Å². The lowest BCUT2D eigenvalue weighted by Gasteiger charge is -2.33. The van der Waals surface area contributed by atoms with Gasteiger partial charge in [0.15, 0.2) is 0 Å². The molecule has 0 saturated carbocycles. The SMILES string of the molecule is NCCCC1CCN(c2ccc3c(c2)C(=O)N(C2CCC(=O)NC2=O)C3=O)CC1. The van der Waals surface area contributed by atoms with E-state index >= 15 is 0 Å². The van der Waals surface area contributed by atoms with Crippen molar-refractivity contribution in [3.05, 3.63) is 29.3 Å². The molecule has 0 bridgehead atoms. The molecule has 3 heterocycles. The number of nitrogens with one attached hydrogen (secondary N) is 1. The number of rotatable bonds is 5. The van der Waals surface area contributed by atoms with E-state index < -0.39 is 23.8 Å². The lowest BCUT2D eigenvalue weighted by atomic mass is 9.92. The fourth-order valence-electron chi connectivity index (χ4n) is 4.54. The highest BCUT2D eigenvalue weighted by Gasteiger charge is 2.44. The molecule has 3 aliphatic rings. The zero-order valence-electron chi connectivity index (χ0n) is 16.4. The Kier molecular flexibility index (Phi) is 5.36. The van der Waals surface area contributed by atoms with Crippen molar-refractivity contribution in [1.29, 1.82) is 0 Å². The molecule has 3 aliphatic heterocycles. The van der Waals surface area contributed by atoms with Gasteiger partial charge in [-0.1, -0.05) is 0 Å². The minimum Gasteiger partial charge on any atom is -0.371 e. The number of carbonyl (C=O) groups is 4. The number of anilines is 1. The minimum absolute atomic E-state index is 0.119. The molecule has 0 aliphatic carbocycles. The molecule has 8 heteroatoms. The minimum atomic E-state index is -0.929. The zero-order chi connectivity index (χ0) is 20.5. The van der Waals surface area contributed by atoms with Crippen molar-refractivity contribution >= 4 is 29.3 Å². The molecule has 2 saturated heterocycles. The fourth-order valence-corrected chi connectivity index (χ4v) is 4.54. The number of fused-ring (bicyclic) bond motifs is 1. The van der Waals surface area contributed by atoms with E-state index in [1.807, 2.05) is 6.07 Å². The Labute approximate surface area is 169 Å². The number of hydrogen-bond donors (Lipinski definition) is 2. The van der Waals surface area contributed by atoms with Crippen LogP contribution in [0, 0.1) is 5.92 Å². The Morgan fingerprint density at radius 3 is 2.41 bits per heavy atom. The number of imide groups is 2. The third-order valence-electron chi connectivity index (χ3n) is 6.22. The van der Waals surface area contributed by atoms with Crippen molar-refractivity contribution in [2.75, 3.05) is 24.5 Å².